The van der Waals surface area contributed by atoms with E-state index in [0.29, 0.717) is 12.3 Å². The first kappa shape index (κ1) is 15.0. The quantitative estimate of drug-likeness (QED) is 0.525. The number of carbonyl (C=O) groups is 1. The van der Waals surface area contributed by atoms with Crippen LogP contribution >= 0.6 is 0 Å². The monoisotopic (exact) mass is 318 g/mol. The molecule has 0 amide bonds. The number of hydrogen-bond donors (Lipinski definition) is 1. The van der Waals surface area contributed by atoms with Crippen LogP contribution in [0.5, 0.6) is 0 Å². The van der Waals surface area contributed by atoms with E-state index in [1.54, 1.807) is 0 Å². The first-order valence-corrected chi connectivity index (χ1v) is 6.60. The van der Waals surface area contributed by atoms with Gasteiger partial charge in [-0.3, -0.25) is 0 Å². The van der Waals surface area contributed by atoms with E-state index >= 15 is 0 Å². The number of rotatable bonds is 2. The molecule has 1 N–H and O–H groups in total. The summed E-state index contributed by atoms with van der Waals surface area (Å²) in [5.41, 5.74) is 6.31. The number of aromatic amines is 1. The van der Waals surface area contributed by atoms with Gasteiger partial charge in [0, 0.05) is 19.5 Å². The number of aromatic nitrogens is 1. The van der Waals surface area contributed by atoms with Gasteiger partial charge in [0.15, 0.2) is 0 Å². The van der Waals surface area contributed by atoms with Crippen molar-refractivity contribution >= 4 is 5.97 Å². The van der Waals surface area contributed by atoms with Crippen molar-refractivity contribution in [3.63, 3.8) is 0 Å². The van der Waals surface area contributed by atoms with Gasteiger partial charge in [-0.1, -0.05) is 6.92 Å². The molecule has 0 spiro atoms. The second-order valence-electron chi connectivity index (χ2n) is 4.84. The van der Waals surface area contributed by atoms with Crippen LogP contribution in [0.3, 0.4) is 0 Å². The standard InChI is InChI=1S/C16H16NO2.Zn/c1-3-19-16(18)14-9-12-6-5-11-8-10(2)4-7-13(11)15(12)17-14;/h4,7,9,17H,3,5-6H2,1-2H3;/q-1;. The number of nitrogens with one attached hydrogen (secondary N) is 1. The molecule has 0 bridgehead atoms. The summed E-state index contributed by atoms with van der Waals surface area (Å²) in [5, 5.41) is 0. The summed E-state index contributed by atoms with van der Waals surface area (Å²) in [6.07, 6.45) is 1.92. The first-order valence-electron chi connectivity index (χ1n) is 6.60. The zero-order valence-corrected chi connectivity index (χ0v) is 14.8. The Bertz CT molecular complexity index is 646. The summed E-state index contributed by atoms with van der Waals surface area (Å²) in [4.78, 5) is 15.0. The number of aryl methyl sites for hydroxylation is 3. The van der Waals surface area contributed by atoms with Crippen LogP contribution in [0, 0.1) is 13.0 Å². The second-order valence-corrected chi connectivity index (χ2v) is 4.84. The molecular weight excluding hydrogens is 304 g/mol. The molecule has 100 valence electrons. The van der Waals surface area contributed by atoms with Crippen molar-refractivity contribution in [2.24, 2.45) is 0 Å². The maximum Gasteiger partial charge on any atom is 0.354 e. The van der Waals surface area contributed by atoms with Crippen molar-refractivity contribution in [1.82, 2.24) is 4.98 Å². The van der Waals surface area contributed by atoms with Gasteiger partial charge in [-0.2, -0.15) is 29.3 Å². The van der Waals surface area contributed by atoms with Crippen molar-refractivity contribution in [2.45, 2.75) is 26.7 Å². The minimum atomic E-state index is -0.283. The van der Waals surface area contributed by atoms with Gasteiger partial charge in [0.1, 0.15) is 5.69 Å². The number of ether oxygens (including phenoxy) is 1. The fourth-order valence-corrected chi connectivity index (χ4v) is 2.60. The molecular formula is C16H16NO2Zn-. The number of fused-ring (bicyclic) bond motifs is 3. The SMILES string of the molecule is CCOC(=O)c1cc2c([nH]1)-c1ccc(C)[c-]c1CC2.[Zn]. The number of carbonyl (C=O) groups excluding carboxylic acids is 1. The third kappa shape index (κ3) is 2.57. The first-order chi connectivity index (χ1) is 9.19. The van der Waals surface area contributed by atoms with E-state index in [4.69, 9.17) is 4.74 Å². The minimum Gasteiger partial charge on any atom is -0.461 e. The molecule has 1 aromatic carbocycles. The van der Waals surface area contributed by atoms with Gasteiger partial charge >= 0.3 is 5.97 Å². The molecule has 20 heavy (non-hydrogen) atoms. The van der Waals surface area contributed by atoms with Crippen molar-refractivity contribution < 1.29 is 29.0 Å². The molecule has 0 saturated heterocycles. The van der Waals surface area contributed by atoms with E-state index in [-0.39, 0.29) is 25.4 Å². The largest absolute Gasteiger partial charge is 0.461 e. The average molecular weight is 320 g/mol. The average Bonchev–Trinajstić information content (AvgIpc) is 2.82. The van der Waals surface area contributed by atoms with Gasteiger partial charge in [-0.05, 0) is 37.1 Å². The molecule has 1 aliphatic rings. The van der Waals surface area contributed by atoms with Crippen molar-refractivity contribution in [2.75, 3.05) is 6.61 Å². The van der Waals surface area contributed by atoms with Gasteiger partial charge in [0.25, 0.3) is 0 Å². The fraction of sp³-hybridized carbons (Fsp3) is 0.312. The number of H-pyrrole nitrogens is 1. The van der Waals surface area contributed by atoms with Gasteiger partial charge in [-0.25, -0.2) is 4.79 Å². The zero-order valence-electron chi connectivity index (χ0n) is 11.9. The van der Waals surface area contributed by atoms with Crippen LogP contribution in [0.25, 0.3) is 11.3 Å². The third-order valence-electron chi connectivity index (χ3n) is 3.48. The third-order valence-corrected chi connectivity index (χ3v) is 3.48. The predicted octanol–water partition coefficient (Wildman–Crippen LogP) is 3.06. The Morgan fingerprint density at radius 2 is 2.20 bits per heavy atom. The summed E-state index contributed by atoms with van der Waals surface area (Å²) in [6.45, 7) is 4.26. The van der Waals surface area contributed by atoms with Crippen molar-refractivity contribution in [3.05, 3.63) is 46.6 Å². The number of hydrogen-bond acceptors (Lipinski definition) is 2. The van der Waals surface area contributed by atoms with E-state index in [9.17, 15) is 4.79 Å². The molecule has 3 rings (SSSR count). The van der Waals surface area contributed by atoms with Crippen molar-refractivity contribution in [3.8, 4) is 11.3 Å². The van der Waals surface area contributed by atoms with Gasteiger partial charge in [0.05, 0.1) is 6.61 Å². The van der Waals surface area contributed by atoms with Crippen LogP contribution in [0.15, 0.2) is 18.2 Å². The van der Waals surface area contributed by atoms with Crippen LogP contribution < -0.4 is 0 Å². The molecule has 1 aliphatic carbocycles. The summed E-state index contributed by atoms with van der Waals surface area (Å²) >= 11 is 0. The normalized spacial score (nSPS) is 12.1. The van der Waals surface area contributed by atoms with E-state index in [2.05, 4.69) is 30.1 Å². The van der Waals surface area contributed by atoms with E-state index in [1.165, 1.54) is 11.1 Å². The maximum absolute atomic E-state index is 11.8. The Balaban J connectivity index is 0.00000147. The molecule has 0 fully saturated rings. The molecule has 1 heterocycles. The smallest absolute Gasteiger partial charge is 0.354 e. The van der Waals surface area contributed by atoms with Gasteiger partial charge in [0.2, 0.25) is 0 Å². The van der Waals surface area contributed by atoms with E-state index < -0.39 is 0 Å². The number of esters is 1. The van der Waals surface area contributed by atoms with E-state index in [0.717, 1.165) is 29.7 Å². The van der Waals surface area contributed by atoms with E-state index in [1.807, 2.05) is 13.0 Å². The predicted molar refractivity (Wildman–Crippen MR) is 73.2 cm³/mol. The molecule has 0 unspecified atom stereocenters. The summed E-state index contributed by atoms with van der Waals surface area (Å²) < 4.78 is 5.03. The molecule has 0 saturated carbocycles. The zero-order chi connectivity index (χ0) is 13.4. The van der Waals surface area contributed by atoms with Gasteiger partial charge < -0.3 is 9.72 Å². The molecule has 0 atom stereocenters. The Labute approximate surface area is 131 Å². The Hall–Kier alpha value is -1.41. The van der Waals surface area contributed by atoms with Crippen molar-refractivity contribution in [1.29, 1.82) is 0 Å². The Morgan fingerprint density at radius 3 is 2.95 bits per heavy atom. The molecule has 4 heteroatoms. The van der Waals surface area contributed by atoms with Crippen LogP contribution in [0.4, 0.5) is 0 Å². The Kier molecular flexibility index (Phi) is 4.44. The second kappa shape index (κ2) is 5.92. The maximum atomic E-state index is 11.8. The van der Waals surface area contributed by atoms with Crippen LogP contribution in [-0.4, -0.2) is 17.6 Å². The molecule has 0 radical (unpaired) electrons. The molecule has 3 nitrogen and oxygen atoms in total. The van der Waals surface area contributed by atoms with Gasteiger partial charge in [-0.15, -0.1) is 5.56 Å². The summed E-state index contributed by atoms with van der Waals surface area (Å²) in [5.74, 6) is -0.283. The number of benzene rings is 1. The van der Waals surface area contributed by atoms with Crippen LogP contribution in [-0.2, 0) is 37.1 Å². The van der Waals surface area contributed by atoms with Crippen LogP contribution in [0.1, 0.15) is 34.1 Å². The Morgan fingerprint density at radius 1 is 1.40 bits per heavy atom. The topological polar surface area (TPSA) is 42.1 Å². The minimum absolute atomic E-state index is 0. The summed E-state index contributed by atoms with van der Waals surface area (Å²) in [6, 6.07) is 9.47. The molecule has 1 aromatic heterocycles. The summed E-state index contributed by atoms with van der Waals surface area (Å²) in [7, 11) is 0. The molecule has 2 aromatic rings. The molecule has 0 aliphatic heterocycles. The van der Waals surface area contributed by atoms with Crippen LogP contribution in [0.2, 0.25) is 0 Å². The fourth-order valence-electron chi connectivity index (χ4n) is 2.60.